The van der Waals surface area contributed by atoms with Crippen LogP contribution in [0.3, 0.4) is 0 Å². The van der Waals surface area contributed by atoms with E-state index in [1.165, 1.54) is 5.56 Å². The summed E-state index contributed by atoms with van der Waals surface area (Å²) in [4.78, 5) is 11.8. The van der Waals surface area contributed by atoms with Gasteiger partial charge in [-0.15, -0.1) is 0 Å². The van der Waals surface area contributed by atoms with Crippen LogP contribution in [0.1, 0.15) is 28.6 Å². The molecule has 158 valence electrons. The summed E-state index contributed by atoms with van der Waals surface area (Å²) in [5.74, 6) is 2.87. The van der Waals surface area contributed by atoms with Gasteiger partial charge in [0.05, 0.1) is 32.9 Å². The highest BCUT2D eigenvalue weighted by Crippen LogP contribution is 2.27. The molecule has 0 amide bonds. The molecule has 0 unspecified atom stereocenters. The molecule has 0 saturated carbocycles. The Hall–Kier alpha value is -3.25. The Balaban J connectivity index is 1.51. The van der Waals surface area contributed by atoms with Gasteiger partial charge in [-0.25, -0.2) is 4.79 Å². The van der Waals surface area contributed by atoms with Crippen LogP contribution in [0.2, 0.25) is 0 Å². The van der Waals surface area contributed by atoms with E-state index in [0.29, 0.717) is 12.2 Å². The van der Waals surface area contributed by atoms with Gasteiger partial charge in [-0.05, 0) is 48.9 Å². The molecule has 0 saturated heterocycles. The molecule has 1 aromatic heterocycles. The minimum Gasteiger partial charge on any atom is -0.493 e. The second-order valence-corrected chi connectivity index (χ2v) is 6.78. The summed E-state index contributed by atoms with van der Waals surface area (Å²) >= 11 is 0. The number of carbonyl (C=O) groups excluding carboxylic acids is 1. The number of benzene rings is 2. The van der Waals surface area contributed by atoms with Gasteiger partial charge >= 0.3 is 5.97 Å². The summed E-state index contributed by atoms with van der Waals surface area (Å²) in [5.41, 5.74) is 2.67. The maximum atomic E-state index is 11.8. The Morgan fingerprint density at radius 1 is 0.967 bits per heavy atom. The number of esters is 1. The lowest BCUT2D eigenvalue weighted by molar-refractivity contribution is -0.671. The molecule has 3 rings (SSSR count). The number of hydrogen-bond acceptors (Lipinski definition) is 5. The summed E-state index contributed by atoms with van der Waals surface area (Å²) in [7, 11) is 3.28. The van der Waals surface area contributed by atoms with Gasteiger partial charge in [0.2, 0.25) is 0 Å². The molecule has 0 fully saturated rings. The van der Waals surface area contributed by atoms with Crippen LogP contribution in [0.15, 0.2) is 59.0 Å². The van der Waals surface area contributed by atoms with E-state index < -0.39 is 0 Å². The zero-order chi connectivity index (χ0) is 21.3. The van der Waals surface area contributed by atoms with E-state index >= 15 is 0 Å². The number of quaternary nitrogens is 1. The quantitative estimate of drug-likeness (QED) is 0.409. The van der Waals surface area contributed by atoms with Gasteiger partial charge in [0.25, 0.3) is 0 Å². The Bertz CT molecular complexity index is 962. The molecule has 2 aromatic carbocycles. The number of rotatable bonds is 10. The first kappa shape index (κ1) is 21.5. The predicted molar refractivity (Wildman–Crippen MR) is 114 cm³/mol. The molecule has 0 bridgehead atoms. The van der Waals surface area contributed by atoms with Crippen molar-refractivity contribution >= 4 is 5.97 Å². The van der Waals surface area contributed by atoms with E-state index in [9.17, 15) is 4.79 Å². The van der Waals surface area contributed by atoms with Crippen molar-refractivity contribution in [2.45, 2.75) is 19.9 Å². The van der Waals surface area contributed by atoms with Gasteiger partial charge in [0.15, 0.2) is 17.3 Å². The summed E-state index contributed by atoms with van der Waals surface area (Å²) in [6.45, 7) is 3.85. The smallest absolute Gasteiger partial charge is 0.338 e. The first-order valence-corrected chi connectivity index (χ1v) is 10.0. The number of hydrogen-bond donors (Lipinski definition) is 1. The lowest BCUT2D eigenvalue weighted by atomic mass is 10.1. The lowest BCUT2D eigenvalue weighted by Crippen LogP contribution is -2.83. The zero-order valence-electron chi connectivity index (χ0n) is 17.6. The van der Waals surface area contributed by atoms with Crippen molar-refractivity contribution in [1.29, 1.82) is 0 Å². The van der Waals surface area contributed by atoms with Crippen molar-refractivity contribution in [3.8, 4) is 22.8 Å². The van der Waals surface area contributed by atoms with Crippen LogP contribution in [-0.4, -0.2) is 33.3 Å². The summed E-state index contributed by atoms with van der Waals surface area (Å²) in [5, 5.41) is 2.21. The highest BCUT2D eigenvalue weighted by Gasteiger charge is 2.10. The molecule has 0 atom stereocenters. The number of ether oxygens (including phenoxy) is 3. The fourth-order valence-electron chi connectivity index (χ4n) is 3.18. The lowest BCUT2D eigenvalue weighted by Gasteiger charge is -2.09. The molecule has 2 N–H and O–H groups in total. The molecule has 6 nitrogen and oxygen atoms in total. The van der Waals surface area contributed by atoms with E-state index in [2.05, 4.69) is 11.4 Å². The first-order valence-electron chi connectivity index (χ1n) is 10.0. The Kier molecular flexibility index (Phi) is 7.51. The van der Waals surface area contributed by atoms with Crippen molar-refractivity contribution in [2.24, 2.45) is 0 Å². The van der Waals surface area contributed by atoms with E-state index in [4.69, 9.17) is 18.6 Å². The summed E-state index contributed by atoms with van der Waals surface area (Å²) in [6.07, 6.45) is 0.920. The largest absolute Gasteiger partial charge is 0.493 e. The molecular formula is C24H28NO5+. The fraction of sp³-hybridized carbons (Fsp3) is 0.292. The van der Waals surface area contributed by atoms with Crippen LogP contribution in [-0.2, 0) is 17.7 Å². The second-order valence-electron chi connectivity index (χ2n) is 6.78. The maximum absolute atomic E-state index is 11.8. The molecule has 0 aliphatic rings. The minimum absolute atomic E-state index is 0.312. The molecular weight excluding hydrogens is 382 g/mol. The average Bonchev–Trinajstić information content (AvgIpc) is 3.25. The van der Waals surface area contributed by atoms with Gasteiger partial charge in [-0.1, -0.05) is 18.2 Å². The van der Waals surface area contributed by atoms with Gasteiger partial charge in [0.1, 0.15) is 12.3 Å². The highest BCUT2D eigenvalue weighted by atomic mass is 16.5. The number of nitrogens with two attached hydrogens (primary N) is 1. The third-order valence-electron chi connectivity index (χ3n) is 4.77. The Labute approximate surface area is 176 Å². The monoisotopic (exact) mass is 410 g/mol. The van der Waals surface area contributed by atoms with Crippen molar-refractivity contribution < 1.29 is 28.7 Å². The van der Waals surface area contributed by atoms with E-state index in [0.717, 1.165) is 48.1 Å². The molecule has 0 spiro atoms. The second kappa shape index (κ2) is 10.5. The standard InChI is InChI=1S/C24H27NO5/c1-4-29-24(26)19-8-6-18(7-9-19)21-12-10-20(30-21)16-25-14-13-17-5-11-22(27-2)23(15-17)28-3/h5-12,15,25H,4,13-14,16H2,1-3H3/p+1. The molecule has 30 heavy (non-hydrogen) atoms. The molecule has 1 heterocycles. The van der Waals surface area contributed by atoms with Crippen molar-refractivity contribution in [3.05, 3.63) is 71.5 Å². The van der Waals surface area contributed by atoms with Gasteiger partial charge in [0, 0.05) is 12.0 Å². The van der Waals surface area contributed by atoms with Crippen LogP contribution < -0.4 is 14.8 Å². The molecule has 3 aromatic rings. The Morgan fingerprint density at radius 3 is 2.43 bits per heavy atom. The fourth-order valence-corrected chi connectivity index (χ4v) is 3.18. The van der Waals surface area contributed by atoms with E-state index in [1.54, 1.807) is 33.3 Å². The topological polar surface area (TPSA) is 74.5 Å². The van der Waals surface area contributed by atoms with Gasteiger partial charge in [-0.3, -0.25) is 0 Å². The summed E-state index contributed by atoms with van der Waals surface area (Å²) in [6, 6.07) is 17.2. The molecule has 0 radical (unpaired) electrons. The zero-order valence-corrected chi connectivity index (χ0v) is 17.6. The van der Waals surface area contributed by atoms with Crippen LogP contribution in [0, 0.1) is 0 Å². The van der Waals surface area contributed by atoms with E-state index in [1.807, 2.05) is 36.4 Å². The Morgan fingerprint density at radius 2 is 1.73 bits per heavy atom. The number of furan rings is 1. The van der Waals surface area contributed by atoms with Crippen LogP contribution in [0.25, 0.3) is 11.3 Å². The van der Waals surface area contributed by atoms with Crippen molar-refractivity contribution in [3.63, 3.8) is 0 Å². The average molecular weight is 410 g/mol. The van der Waals surface area contributed by atoms with Crippen LogP contribution in [0.5, 0.6) is 11.5 Å². The third kappa shape index (κ3) is 5.42. The third-order valence-corrected chi connectivity index (χ3v) is 4.77. The van der Waals surface area contributed by atoms with Crippen molar-refractivity contribution in [2.75, 3.05) is 27.4 Å². The molecule has 0 aliphatic carbocycles. The maximum Gasteiger partial charge on any atom is 0.338 e. The van der Waals surface area contributed by atoms with Crippen LogP contribution in [0.4, 0.5) is 0 Å². The van der Waals surface area contributed by atoms with Crippen molar-refractivity contribution in [1.82, 2.24) is 0 Å². The SMILES string of the molecule is CCOC(=O)c1ccc(-c2ccc(C[NH2+]CCc3ccc(OC)c(OC)c3)o2)cc1. The van der Waals surface area contributed by atoms with E-state index in [-0.39, 0.29) is 5.97 Å². The van der Waals surface area contributed by atoms with Gasteiger partial charge < -0.3 is 23.9 Å². The predicted octanol–water partition coefficient (Wildman–Crippen LogP) is 3.45. The number of methoxy groups -OCH3 is 2. The normalized spacial score (nSPS) is 10.6. The van der Waals surface area contributed by atoms with Gasteiger partial charge in [-0.2, -0.15) is 0 Å². The molecule has 0 aliphatic heterocycles. The summed E-state index contributed by atoms with van der Waals surface area (Å²) < 4.78 is 21.6. The number of carbonyl (C=O) groups is 1. The highest BCUT2D eigenvalue weighted by molar-refractivity contribution is 5.89. The van der Waals surface area contributed by atoms with Crippen LogP contribution >= 0.6 is 0 Å². The minimum atomic E-state index is -0.312. The first-order chi connectivity index (χ1) is 14.6. The molecule has 6 heteroatoms.